The molecule has 1 aliphatic heterocycles. The van der Waals surface area contributed by atoms with Crippen molar-refractivity contribution in [3.05, 3.63) is 70.3 Å². The number of esters is 1. The van der Waals surface area contributed by atoms with Crippen molar-refractivity contribution in [2.24, 2.45) is 4.99 Å². The minimum Gasteiger partial charge on any atom is -0.432 e. The lowest BCUT2D eigenvalue weighted by Gasteiger charge is -2.14. The number of benzene rings is 1. The lowest BCUT2D eigenvalue weighted by molar-refractivity contribution is -0.146. The Balaban J connectivity index is 2.06. The molecule has 0 spiro atoms. The second-order valence-corrected chi connectivity index (χ2v) is 6.59. The topological polar surface area (TPSA) is 82.3 Å². The van der Waals surface area contributed by atoms with Gasteiger partial charge in [-0.05, 0) is 38.1 Å². The van der Waals surface area contributed by atoms with Gasteiger partial charge in [0.1, 0.15) is 5.71 Å². The average molecular weight is 382 g/mol. The van der Waals surface area contributed by atoms with Gasteiger partial charge in [0.15, 0.2) is 11.6 Å². The Kier molecular flexibility index (Phi) is 4.24. The van der Waals surface area contributed by atoms with Crippen LogP contribution in [0, 0.1) is 13.8 Å². The fourth-order valence-electron chi connectivity index (χ4n) is 3.08. The van der Waals surface area contributed by atoms with Gasteiger partial charge in [-0.25, -0.2) is 19.9 Å². The van der Waals surface area contributed by atoms with Gasteiger partial charge >= 0.3 is 5.97 Å². The molecule has 1 aromatic carbocycles. The van der Waals surface area contributed by atoms with E-state index in [1.807, 2.05) is 24.5 Å². The normalized spacial score (nSPS) is 15.4. The zero-order valence-electron chi connectivity index (χ0n) is 15.0. The number of imidazole rings is 1. The summed E-state index contributed by atoms with van der Waals surface area (Å²) in [6.07, 6.45) is 2.35. The molecule has 3 aromatic rings. The van der Waals surface area contributed by atoms with Crippen molar-refractivity contribution in [2.75, 3.05) is 0 Å². The maximum absolute atomic E-state index is 11.7. The molecular weight excluding hydrogens is 366 g/mol. The summed E-state index contributed by atoms with van der Waals surface area (Å²) in [6.45, 7) is 5.21. The molecular formula is C19H16ClN5O2. The van der Waals surface area contributed by atoms with Crippen LogP contribution in [0.25, 0.3) is 5.69 Å². The highest BCUT2D eigenvalue weighted by atomic mass is 35.5. The SMILES string of the molecule is CC(=O)OC1N=C(c2ncccn2)c2cc(Cl)ccc2-n2c1nc(C)c2C. The Morgan fingerprint density at radius 2 is 1.96 bits per heavy atom. The van der Waals surface area contributed by atoms with Crippen molar-refractivity contribution in [1.82, 2.24) is 19.5 Å². The largest absolute Gasteiger partial charge is 0.432 e. The number of hydrogen-bond donors (Lipinski definition) is 0. The van der Waals surface area contributed by atoms with Crippen molar-refractivity contribution < 1.29 is 9.53 Å². The summed E-state index contributed by atoms with van der Waals surface area (Å²) in [7, 11) is 0. The number of aromatic nitrogens is 4. The molecule has 1 aliphatic rings. The van der Waals surface area contributed by atoms with Crippen LogP contribution in [-0.2, 0) is 9.53 Å². The average Bonchev–Trinajstić information content (AvgIpc) is 2.87. The number of carbonyl (C=O) groups is 1. The highest BCUT2D eigenvalue weighted by Crippen LogP contribution is 2.33. The van der Waals surface area contributed by atoms with Gasteiger partial charge in [-0.15, -0.1) is 0 Å². The van der Waals surface area contributed by atoms with E-state index in [4.69, 9.17) is 16.3 Å². The van der Waals surface area contributed by atoms with E-state index in [2.05, 4.69) is 19.9 Å². The van der Waals surface area contributed by atoms with Crippen molar-refractivity contribution in [1.29, 1.82) is 0 Å². The molecule has 3 heterocycles. The van der Waals surface area contributed by atoms with Crippen LogP contribution >= 0.6 is 11.6 Å². The first-order valence-electron chi connectivity index (χ1n) is 8.34. The van der Waals surface area contributed by atoms with Crippen molar-refractivity contribution >= 4 is 23.3 Å². The highest BCUT2D eigenvalue weighted by Gasteiger charge is 2.31. The molecule has 8 heteroatoms. The van der Waals surface area contributed by atoms with Crippen molar-refractivity contribution in [3.63, 3.8) is 0 Å². The lowest BCUT2D eigenvalue weighted by atomic mass is 10.1. The zero-order chi connectivity index (χ0) is 19.1. The fraction of sp³-hybridized carbons (Fsp3) is 0.211. The molecule has 0 aliphatic carbocycles. The van der Waals surface area contributed by atoms with E-state index in [0.29, 0.717) is 22.4 Å². The minimum atomic E-state index is -0.917. The second kappa shape index (κ2) is 6.59. The van der Waals surface area contributed by atoms with E-state index in [0.717, 1.165) is 22.6 Å². The molecule has 1 unspecified atom stereocenters. The molecule has 2 aromatic heterocycles. The van der Waals surface area contributed by atoms with E-state index in [-0.39, 0.29) is 0 Å². The summed E-state index contributed by atoms with van der Waals surface area (Å²) in [4.78, 5) is 29.6. The number of aryl methyl sites for hydroxylation is 1. The Morgan fingerprint density at radius 1 is 1.22 bits per heavy atom. The first kappa shape index (κ1) is 17.4. The predicted molar refractivity (Wildman–Crippen MR) is 100 cm³/mol. The first-order valence-corrected chi connectivity index (χ1v) is 8.72. The summed E-state index contributed by atoms with van der Waals surface area (Å²) >= 11 is 6.27. The number of nitrogens with zero attached hydrogens (tertiary/aromatic N) is 5. The molecule has 1 atom stereocenters. The van der Waals surface area contributed by atoms with E-state index in [1.165, 1.54) is 6.92 Å². The molecule has 27 heavy (non-hydrogen) atoms. The molecule has 4 rings (SSSR count). The summed E-state index contributed by atoms with van der Waals surface area (Å²) in [5, 5.41) is 0.555. The highest BCUT2D eigenvalue weighted by molar-refractivity contribution is 6.31. The molecule has 0 radical (unpaired) electrons. The molecule has 136 valence electrons. The van der Waals surface area contributed by atoms with Gasteiger partial charge in [0.2, 0.25) is 0 Å². The van der Waals surface area contributed by atoms with E-state index in [1.54, 1.807) is 30.6 Å². The number of aliphatic imine (C=N–C) groups is 1. The van der Waals surface area contributed by atoms with Crippen LogP contribution in [-0.4, -0.2) is 31.2 Å². The second-order valence-electron chi connectivity index (χ2n) is 6.15. The number of hydrogen-bond acceptors (Lipinski definition) is 6. The summed E-state index contributed by atoms with van der Waals surface area (Å²) in [5.74, 6) is 0.485. The molecule has 0 N–H and O–H groups in total. The smallest absolute Gasteiger partial charge is 0.304 e. The van der Waals surface area contributed by atoms with Gasteiger partial charge in [0.25, 0.3) is 6.23 Å². The lowest BCUT2D eigenvalue weighted by Crippen LogP contribution is -2.13. The Morgan fingerprint density at radius 3 is 2.67 bits per heavy atom. The van der Waals surface area contributed by atoms with Crippen LogP contribution in [0.5, 0.6) is 0 Å². The predicted octanol–water partition coefficient (Wildman–Crippen LogP) is 3.35. The number of fused-ring (bicyclic) bond motifs is 3. The van der Waals surface area contributed by atoms with Gasteiger partial charge in [0.05, 0.1) is 11.4 Å². The third kappa shape index (κ3) is 3.00. The van der Waals surface area contributed by atoms with Crippen molar-refractivity contribution in [3.8, 4) is 5.69 Å². The molecule has 7 nitrogen and oxygen atoms in total. The van der Waals surface area contributed by atoms with Crippen LogP contribution in [0.1, 0.15) is 41.8 Å². The summed E-state index contributed by atoms with van der Waals surface area (Å²) < 4.78 is 7.42. The molecule has 0 saturated carbocycles. The molecule has 0 fully saturated rings. The van der Waals surface area contributed by atoms with Gasteiger partial charge in [0, 0.05) is 35.6 Å². The molecule has 0 amide bonds. The number of ether oxygens (including phenoxy) is 1. The minimum absolute atomic E-state index is 0.415. The van der Waals surface area contributed by atoms with E-state index in [9.17, 15) is 4.79 Å². The third-order valence-electron chi connectivity index (χ3n) is 4.35. The number of carbonyl (C=O) groups excluding carboxylic acids is 1. The van der Waals surface area contributed by atoms with E-state index >= 15 is 0 Å². The van der Waals surface area contributed by atoms with Crippen LogP contribution in [0.2, 0.25) is 5.02 Å². The maximum Gasteiger partial charge on any atom is 0.304 e. The van der Waals surface area contributed by atoms with Crippen LogP contribution in [0.4, 0.5) is 0 Å². The van der Waals surface area contributed by atoms with Crippen LogP contribution < -0.4 is 0 Å². The quantitative estimate of drug-likeness (QED) is 0.636. The van der Waals surface area contributed by atoms with Gasteiger partial charge < -0.3 is 4.74 Å². The summed E-state index contributed by atoms with van der Waals surface area (Å²) in [5.41, 5.74) is 3.81. The van der Waals surface area contributed by atoms with Crippen LogP contribution in [0.3, 0.4) is 0 Å². The first-order chi connectivity index (χ1) is 13.0. The fourth-order valence-corrected chi connectivity index (χ4v) is 3.25. The molecule has 0 bridgehead atoms. The third-order valence-corrected chi connectivity index (χ3v) is 4.58. The Hall–Kier alpha value is -3.06. The van der Waals surface area contributed by atoms with Gasteiger partial charge in [-0.2, -0.15) is 0 Å². The van der Waals surface area contributed by atoms with Gasteiger partial charge in [-0.1, -0.05) is 11.6 Å². The Bertz CT molecular complexity index is 1080. The zero-order valence-corrected chi connectivity index (χ0v) is 15.7. The van der Waals surface area contributed by atoms with Crippen molar-refractivity contribution in [2.45, 2.75) is 27.0 Å². The Labute approximate surface area is 160 Å². The van der Waals surface area contributed by atoms with E-state index < -0.39 is 12.2 Å². The summed E-state index contributed by atoms with van der Waals surface area (Å²) in [6, 6.07) is 7.22. The monoisotopic (exact) mass is 381 g/mol. The standard InChI is InChI=1S/C19H16ClN5O2/c1-10-11(2)25-15-6-5-13(20)9-14(15)16(17-21-7-4-8-22-17)24-19(18(25)23-10)27-12(3)26/h4-9,19H,1-3H3. The van der Waals surface area contributed by atoms with Crippen LogP contribution in [0.15, 0.2) is 41.7 Å². The number of halogens is 1. The molecule has 0 saturated heterocycles. The maximum atomic E-state index is 11.7. The van der Waals surface area contributed by atoms with Gasteiger partial charge in [-0.3, -0.25) is 9.36 Å². The number of rotatable bonds is 2.